The number of esters is 1. The summed E-state index contributed by atoms with van der Waals surface area (Å²) in [6.45, 7) is 7.39. The number of nitro groups is 1. The van der Waals surface area contributed by atoms with Crippen molar-refractivity contribution in [3.05, 3.63) is 51.2 Å². The number of allylic oxidation sites excluding steroid dienone is 1. The summed E-state index contributed by atoms with van der Waals surface area (Å²) in [7, 11) is 0. The number of nitrogens with one attached hydrogen (secondary N) is 1. The van der Waals surface area contributed by atoms with Gasteiger partial charge < -0.3 is 10.1 Å². The van der Waals surface area contributed by atoms with Crippen LogP contribution in [0.4, 0.5) is 10.5 Å². The molecule has 1 heterocycles. The molecular weight excluding hydrogens is 326 g/mol. The van der Waals surface area contributed by atoms with Crippen LogP contribution < -0.4 is 5.32 Å². The molecule has 0 fully saturated rings. The zero-order chi connectivity index (χ0) is 18.7. The Kier molecular flexibility index (Phi) is 5.41. The van der Waals surface area contributed by atoms with Gasteiger partial charge in [0.05, 0.1) is 22.6 Å². The summed E-state index contributed by atoms with van der Waals surface area (Å²) >= 11 is 0. The topological polar surface area (TPSA) is 102 Å². The molecule has 8 nitrogen and oxygen atoms in total. The van der Waals surface area contributed by atoms with E-state index in [0.29, 0.717) is 23.4 Å². The van der Waals surface area contributed by atoms with Gasteiger partial charge in [0.25, 0.3) is 5.69 Å². The number of hydrogen-bond donors (Lipinski definition) is 1. The number of benzene rings is 1. The fraction of sp³-hybridized carbons (Fsp3) is 0.412. The SMILES string of the molecule is CCN1C(=O)NC(c2ccc([N+](=O)[O-])cc2)C(C(=O)OC(C)C)=C1C. The Bertz CT molecular complexity index is 724. The lowest BCUT2D eigenvalue weighted by Gasteiger charge is -2.35. The third kappa shape index (κ3) is 3.78. The van der Waals surface area contributed by atoms with Crippen molar-refractivity contribution in [2.45, 2.75) is 39.8 Å². The molecule has 0 saturated heterocycles. The first-order valence-electron chi connectivity index (χ1n) is 8.00. The van der Waals surface area contributed by atoms with Crippen molar-refractivity contribution < 1.29 is 19.2 Å². The molecule has 1 aromatic carbocycles. The van der Waals surface area contributed by atoms with Crippen LogP contribution >= 0.6 is 0 Å². The average molecular weight is 347 g/mol. The van der Waals surface area contributed by atoms with E-state index in [1.54, 1.807) is 27.7 Å². The highest BCUT2D eigenvalue weighted by Gasteiger charge is 2.36. The Balaban J connectivity index is 2.49. The summed E-state index contributed by atoms with van der Waals surface area (Å²) in [6, 6.07) is 4.69. The van der Waals surface area contributed by atoms with Crippen molar-refractivity contribution in [1.29, 1.82) is 0 Å². The van der Waals surface area contributed by atoms with Crippen molar-refractivity contribution in [1.82, 2.24) is 10.2 Å². The maximum Gasteiger partial charge on any atom is 0.338 e. The van der Waals surface area contributed by atoms with E-state index in [4.69, 9.17) is 4.74 Å². The van der Waals surface area contributed by atoms with E-state index in [1.807, 2.05) is 0 Å². The predicted molar refractivity (Wildman–Crippen MR) is 90.7 cm³/mol. The molecule has 0 aliphatic carbocycles. The van der Waals surface area contributed by atoms with Crippen molar-refractivity contribution in [3.8, 4) is 0 Å². The molecule has 1 unspecified atom stereocenters. The van der Waals surface area contributed by atoms with Crippen molar-refractivity contribution in [3.63, 3.8) is 0 Å². The van der Waals surface area contributed by atoms with E-state index >= 15 is 0 Å². The zero-order valence-electron chi connectivity index (χ0n) is 14.6. The second kappa shape index (κ2) is 7.33. The smallest absolute Gasteiger partial charge is 0.338 e. The van der Waals surface area contributed by atoms with E-state index in [2.05, 4.69) is 5.32 Å². The summed E-state index contributed by atoms with van der Waals surface area (Å²) in [5.41, 5.74) is 1.35. The number of nitrogens with zero attached hydrogens (tertiary/aromatic N) is 2. The van der Waals surface area contributed by atoms with Crippen LogP contribution in [0.5, 0.6) is 0 Å². The molecule has 2 rings (SSSR count). The Morgan fingerprint density at radius 2 is 1.96 bits per heavy atom. The Labute approximate surface area is 145 Å². The molecule has 0 bridgehead atoms. The van der Waals surface area contributed by atoms with Crippen LogP contribution in [-0.2, 0) is 9.53 Å². The number of hydrogen-bond acceptors (Lipinski definition) is 5. The lowest BCUT2D eigenvalue weighted by Crippen LogP contribution is -2.48. The number of carbonyl (C=O) groups is 2. The molecule has 0 spiro atoms. The van der Waals surface area contributed by atoms with Gasteiger partial charge in [0.15, 0.2) is 0 Å². The van der Waals surface area contributed by atoms with E-state index < -0.39 is 16.9 Å². The third-order valence-electron chi connectivity index (χ3n) is 3.91. The summed E-state index contributed by atoms with van der Waals surface area (Å²) in [6.07, 6.45) is -0.307. The number of amides is 2. The number of rotatable bonds is 5. The number of nitro benzene ring substituents is 1. The van der Waals surface area contributed by atoms with Gasteiger partial charge >= 0.3 is 12.0 Å². The van der Waals surface area contributed by atoms with Gasteiger partial charge in [0.2, 0.25) is 0 Å². The van der Waals surface area contributed by atoms with E-state index in [0.717, 1.165) is 0 Å². The van der Waals surface area contributed by atoms with Gasteiger partial charge in [0.1, 0.15) is 0 Å². The predicted octanol–water partition coefficient (Wildman–Crippen LogP) is 2.91. The number of non-ortho nitro benzene ring substituents is 1. The van der Waals surface area contributed by atoms with E-state index in [1.165, 1.54) is 29.2 Å². The zero-order valence-corrected chi connectivity index (χ0v) is 14.6. The lowest BCUT2D eigenvalue weighted by atomic mass is 9.94. The minimum atomic E-state index is -0.720. The second-order valence-corrected chi connectivity index (χ2v) is 5.93. The summed E-state index contributed by atoms with van der Waals surface area (Å²) in [5.74, 6) is -0.519. The van der Waals surface area contributed by atoms with Crippen LogP contribution in [0.2, 0.25) is 0 Å². The normalized spacial score (nSPS) is 17.6. The number of carbonyl (C=O) groups excluding carboxylic acids is 2. The number of urea groups is 1. The molecule has 8 heteroatoms. The summed E-state index contributed by atoms with van der Waals surface area (Å²) in [4.78, 5) is 36.7. The molecule has 0 radical (unpaired) electrons. The van der Waals surface area contributed by atoms with E-state index in [9.17, 15) is 19.7 Å². The Hall–Kier alpha value is -2.90. The minimum absolute atomic E-state index is 0.0620. The highest BCUT2D eigenvalue weighted by molar-refractivity contribution is 5.95. The van der Waals surface area contributed by atoms with Crippen LogP contribution in [0.15, 0.2) is 35.5 Å². The van der Waals surface area contributed by atoms with Gasteiger partial charge in [-0.2, -0.15) is 0 Å². The summed E-state index contributed by atoms with van der Waals surface area (Å²) in [5, 5.41) is 13.6. The fourth-order valence-electron chi connectivity index (χ4n) is 2.74. The van der Waals surface area contributed by atoms with Gasteiger partial charge in [0, 0.05) is 24.4 Å². The minimum Gasteiger partial charge on any atom is -0.459 e. The van der Waals surface area contributed by atoms with Crippen molar-refractivity contribution >= 4 is 17.7 Å². The van der Waals surface area contributed by atoms with Crippen molar-refractivity contribution in [2.75, 3.05) is 6.54 Å². The van der Waals surface area contributed by atoms with Gasteiger partial charge in [-0.1, -0.05) is 0 Å². The highest BCUT2D eigenvalue weighted by atomic mass is 16.6. The van der Waals surface area contributed by atoms with Crippen molar-refractivity contribution in [2.24, 2.45) is 0 Å². The monoisotopic (exact) mass is 347 g/mol. The largest absolute Gasteiger partial charge is 0.459 e. The van der Waals surface area contributed by atoms with E-state index in [-0.39, 0.29) is 17.8 Å². The molecule has 134 valence electrons. The second-order valence-electron chi connectivity index (χ2n) is 5.93. The van der Waals surface area contributed by atoms with Gasteiger partial charge in [-0.25, -0.2) is 9.59 Å². The lowest BCUT2D eigenvalue weighted by molar-refractivity contribution is -0.384. The standard InChI is InChI=1S/C17H21N3O5/c1-5-19-11(4)14(16(21)25-10(2)3)15(18-17(19)22)12-6-8-13(9-7-12)20(23)24/h6-10,15H,5H2,1-4H3,(H,18,22). The molecule has 0 saturated carbocycles. The molecule has 1 aliphatic rings. The van der Waals surface area contributed by atoms with Crippen LogP contribution in [0, 0.1) is 10.1 Å². The quantitative estimate of drug-likeness (QED) is 0.501. The average Bonchev–Trinajstić information content (AvgIpc) is 2.53. The Morgan fingerprint density at radius 1 is 1.36 bits per heavy atom. The fourth-order valence-corrected chi connectivity index (χ4v) is 2.74. The maximum atomic E-state index is 12.6. The first-order valence-corrected chi connectivity index (χ1v) is 8.00. The number of ether oxygens (including phenoxy) is 1. The van der Waals surface area contributed by atoms with Crippen LogP contribution in [0.3, 0.4) is 0 Å². The van der Waals surface area contributed by atoms with Crippen LogP contribution in [0.25, 0.3) is 0 Å². The van der Waals surface area contributed by atoms with Gasteiger partial charge in [-0.3, -0.25) is 15.0 Å². The highest BCUT2D eigenvalue weighted by Crippen LogP contribution is 2.32. The maximum absolute atomic E-state index is 12.6. The molecule has 1 aromatic rings. The molecular formula is C17H21N3O5. The molecule has 2 amide bonds. The molecule has 1 aliphatic heterocycles. The molecule has 1 N–H and O–H groups in total. The summed E-state index contributed by atoms with van der Waals surface area (Å²) < 4.78 is 5.32. The molecule has 1 atom stereocenters. The van der Waals surface area contributed by atoms with Crippen LogP contribution in [0.1, 0.15) is 39.3 Å². The first-order chi connectivity index (χ1) is 11.8. The first kappa shape index (κ1) is 18.4. The van der Waals surface area contributed by atoms with Gasteiger partial charge in [-0.05, 0) is 45.4 Å². The third-order valence-corrected chi connectivity index (χ3v) is 3.91. The molecule has 0 aromatic heterocycles. The molecule has 25 heavy (non-hydrogen) atoms. The van der Waals surface area contributed by atoms with Crippen LogP contribution in [-0.4, -0.2) is 34.5 Å². The Morgan fingerprint density at radius 3 is 2.44 bits per heavy atom. The van der Waals surface area contributed by atoms with Gasteiger partial charge in [-0.15, -0.1) is 0 Å².